The Hall–Kier alpha value is -2.32. The third kappa shape index (κ3) is 4.62. The molecule has 1 aromatic carbocycles. The number of anilines is 1. The summed E-state index contributed by atoms with van der Waals surface area (Å²) < 4.78 is 37.7. The second kappa shape index (κ2) is 6.42. The number of carboxylic acid groups (broad SMARTS) is 1. The number of aromatic carboxylic acids is 1. The van der Waals surface area contributed by atoms with E-state index in [0.717, 1.165) is 23.1 Å². The van der Waals surface area contributed by atoms with Gasteiger partial charge in [0.25, 0.3) is 5.69 Å². The van der Waals surface area contributed by atoms with Crippen molar-refractivity contribution in [1.29, 1.82) is 0 Å². The van der Waals surface area contributed by atoms with Crippen molar-refractivity contribution in [1.82, 2.24) is 0 Å². The van der Waals surface area contributed by atoms with Crippen LogP contribution in [0.3, 0.4) is 0 Å². The number of hydrogen-bond donors (Lipinski definition) is 1. The van der Waals surface area contributed by atoms with Crippen LogP contribution in [0.15, 0.2) is 18.2 Å². The highest BCUT2D eigenvalue weighted by molar-refractivity contribution is 5.90. The highest BCUT2D eigenvalue weighted by atomic mass is 19.4. The van der Waals surface area contributed by atoms with Crippen molar-refractivity contribution in [3.05, 3.63) is 33.9 Å². The van der Waals surface area contributed by atoms with E-state index in [0.29, 0.717) is 6.42 Å². The second-order valence-corrected chi connectivity index (χ2v) is 4.30. The zero-order valence-electron chi connectivity index (χ0n) is 11.1. The first-order valence-corrected chi connectivity index (χ1v) is 5.99. The Morgan fingerprint density at radius 3 is 2.48 bits per heavy atom. The lowest BCUT2D eigenvalue weighted by molar-refractivity contribution is -0.384. The van der Waals surface area contributed by atoms with Crippen LogP contribution in [0.4, 0.5) is 24.5 Å². The molecule has 1 aromatic rings. The molecule has 116 valence electrons. The van der Waals surface area contributed by atoms with Crippen molar-refractivity contribution < 1.29 is 28.0 Å². The van der Waals surface area contributed by atoms with Crippen molar-refractivity contribution in [2.75, 3.05) is 18.0 Å². The first-order chi connectivity index (χ1) is 9.65. The molecule has 0 aliphatic heterocycles. The Morgan fingerprint density at radius 1 is 1.43 bits per heavy atom. The van der Waals surface area contributed by atoms with Gasteiger partial charge < -0.3 is 10.0 Å². The quantitative estimate of drug-likeness (QED) is 0.645. The van der Waals surface area contributed by atoms with Crippen LogP contribution in [-0.2, 0) is 0 Å². The number of halogens is 3. The van der Waals surface area contributed by atoms with Crippen LogP contribution in [0, 0.1) is 10.1 Å². The minimum absolute atomic E-state index is 0.0799. The lowest BCUT2D eigenvalue weighted by Crippen LogP contribution is -2.35. The zero-order chi connectivity index (χ0) is 16.2. The summed E-state index contributed by atoms with van der Waals surface area (Å²) in [4.78, 5) is 21.8. The molecule has 0 saturated carbocycles. The summed E-state index contributed by atoms with van der Waals surface area (Å²) in [5, 5.41) is 19.8. The molecule has 0 aliphatic rings. The molecule has 9 heteroatoms. The summed E-state index contributed by atoms with van der Waals surface area (Å²) in [6, 6.07) is 2.78. The van der Waals surface area contributed by atoms with E-state index in [1.54, 1.807) is 6.92 Å². The van der Waals surface area contributed by atoms with E-state index in [1.165, 1.54) is 0 Å². The molecule has 0 amide bonds. The van der Waals surface area contributed by atoms with E-state index in [9.17, 15) is 28.1 Å². The van der Waals surface area contributed by atoms with Gasteiger partial charge in [-0.2, -0.15) is 13.2 Å². The summed E-state index contributed by atoms with van der Waals surface area (Å²) in [6.45, 7) is 0.157. The van der Waals surface area contributed by atoms with Gasteiger partial charge in [-0.25, -0.2) is 4.79 Å². The number of carbonyl (C=O) groups is 1. The first kappa shape index (κ1) is 16.7. The first-order valence-electron chi connectivity index (χ1n) is 5.99. The maximum Gasteiger partial charge on any atom is 0.405 e. The van der Waals surface area contributed by atoms with E-state index in [4.69, 9.17) is 5.11 Å². The lowest BCUT2D eigenvalue weighted by atomic mass is 10.1. The fraction of sp³-hybridized carbons (Fsp3) is 0.417. The highest BCUT2D eigenvalue weighted by Gasteiger charge is 2.33. The molecule has 0 bridgehead atoms. The van der Waals surface area contributed by atoms with E-state index >= 15 is 0 Å². The number of carboxylic acids is 1. The van der Waals surface area contributed by atoms with E-state index in [-0.39, 0.29) is 17.8 Å². The van der Waals surface area contributed by atoms with Gasteiger partial charge in [-0.05, 0) is 18.6 Å². The minimum atomic E-state index is -4.55. The Balaban J connectivity index is 3.34. The number of nitro groups is 1. The Morgan fingerprint density at radius 2 is 2.05 bits per heavy atom. The molecule has 0 atom stereocenters. The van der Waals surface area contributed by atoms with Gasteiger partial charge in [0.1, 0.15) is 12.2 Å². The van der Waals surface area contributed by atoms with Gasteiger partial charge in [-0.3, -0.25) is 10.1 Å². The van der Waals surface area contributed by atoms with Crippen molar-refractivity contribution in [3.8, 4) is 0 Å². The smallest absolute Gasteiger partial charge is 0.405 e. The third-order valence-corrected chi connectivity index (χ3v) is 2.62. The topological polar surface area (TPSA) is 83.7 Å². The van der Waals surface area contributed by atoms with Crippen LogP contribution < -0.4 is 4.90 Å². The Bertz CT molecular complexity index is 546. The predicted octanol–water partition coefficient (Wildman–Crippen LogP) is 3.07. The van der Waals surface area contributed by atoms with E-state index in [2.05, 4.69) is 0 Å². The van der Waals surface area contributed by atoms with Crippen molar-refractivity contribution >= 4 is 17.3 Å². The summed E-state index contributed by atoms with van der Waals surface area (Å²) in [6.07, 6.45) is -4.23. The molecular formula is C12H13F3N2O4. The van der Waals surface area contributed by atoms with Crippen LogP contribution in [0.5, 0.6) is 0 Å². The van der Waals surface area contributed by atoms with Gasteiger partial charge in [0.05, 0.1) is 10.5 Å². The maximum absolute atomic E-state index is 12.6. The minimum Gasteiger partial charge on any atom is -0.478 e. The van der Waals surface area contributed by atoms with Gasteiger partial charge >= 0.3 is 12.1 Å². The SMILES string of the molecule is CCCN(CC(F)(F)F)c1cc(C(=O)O)ccc1[N+](=O)[O-]. The molecule has 0 heterocycles. The average Bonchev–Trinajstić information content (AvgIpc) is 2.35. The van der Waals surface area contributed by atoms with Crippen molar-refractivity contribution in [2.24, 2.45) is 0 Å². The molecule has 0 spiro atoms. The fourth-order valence-electron chi connectivity index (χ4n) is 1.84. The molecular weight excluding hydrogens is 293 g/mol. The van der Waals surface area contributed by atoms with Crippen molar-refractivity contribution in [2.45, 2.75) is 19.5 Å². The highest BCUT2D eigenvalue weighted by Crippen LogP contribution is 2.32. The number of nitrogens with zero attached hydrogens (tertiary/aromatic N) is 2. The Kier molecular flexibility index (Phi) is 5.12. The number of nitro benzene ring substituents is 1. The van der Waals surface area contributed by atoms with Crippen molar-refractivity contribution in [3.63, 3.8) is 0 Å². The molecule has 0 aliphatic carbocycles. The molecule has 1 rings (SSSR count). The molecule has 0 saturated heterocycles. The molecule has 21 heavy (non-hydrogen) atoms. The molecule has 0 unspecified atom stereocenters. The number of rotatable bonds is 6. The van der Waals surface area contributed by atoms with Gasteiger partial charge in [0.15, 0.2) is 0 Å². The molecule has 0 aromatic heterocycles. The summed E-state index contributed by atoms with van der Waals surface area (Å²) in [7, 11) is 0. The molecule has 0 radical (unpaired) electrons. The summed E-state index contributed by atoms with van der Waals surface area (Å²) in [5.41, 5.74) is -1.21. The standard InChI is InChI=1S/C12H13F3N2O4/c1-2-5-16(7-12(13,14)15)10-6-8(11(18)19)3-4-9(10)17(20)21/h3-4,6H,2,5,7H2,1H3,(H,18,19). The number of hydrogen-bond acceptors (Lipinski definition) is 4. The van der Waals surface area contributed by atoms with Crippen LogP contribution in [-0.4, -0.2) is 35.3 Å². The van der Waals surface area contributed by atoms with Gasteiger partial charge in [0.2, 0.25) is 0 Å². The normalized spacial score (nSPS) is 11.2. The van der Waals surface area contributed by atoms with E-state index in [1.807, 2.05) is 0 Å². The molecule has 1 N–H and O–H groups in total. The largest absolute Gasteiger partial charge is 0.478 e. The number of alkyl halides is 3. The van der Waals surface area contributed by atoms with Crippen LogP contribution in [0.1, 0.15) is 23.7 Å². The molecule has 0 fully saturated rings. The number of benzene rings is 1. The van der Waals surface area contributed by atoms with Gasteiger partial charge in [-0.15, -0.1) is 0 Å². The van der Waals surface area contributed by atoms with Crippen LogP contribution >= 0.6 is 0 Å². The average molecular weight is 306 g/mol. The maximum atomic E-state index is 12.6. The van der Waals surface area contributed by atoms with Crippen LogP contribution in [0.2, 0.25) is 0 Å². The monoisotopic (exact) mass is 306 g/mol. The fourth-order valence-corrected chi connectivity index (χ4v) is 1.84. The second-order valence-electron chi connectivity index (χ2n) is 4.30. The lowest BCUT2D eigenvalue weighted by Gasteiger charge is -2.25. The van der Waals surface area contributed by atoms with Gasteiger partial charge in [0, 0.05) is 12.6 Å². The Labute approximate surface area is 117 Å². The van der Waals surface area contributed by atoms with Gasteiger partial charge in [-0.1, -0.05) is 6.92 Å². The third-order valence-electron chi connectivity index (χ3n) is 2.62. The predicted molar refractivity (Wildman–Crippen MR) is 68.6 cm³/mol. The van der Waals surface area contributed by atoms with E-state index < -0.39 is 29.3 Å². The van der Waals surface area contributed by atoms with Crippen LogP contribution in [0.25, 0.3) is 0 Å². The summed E-state index contributed by atoms with van der Waals surface area (Å²) >= 11 is 0. The zero-order valence-corrected chi connectivity index (χ0v) is 11.1. The summed E-state index contributed by atoms with van der Waals surface area (Å²) in [5.74, 6) is -1.37. The molecule has 6 nitrogen and oxygen atoms in total.